The van der Waals surface area contributed by atoms with Crippen molar-refractivity contribution < 1.29 is 28.5 Å². The van der Waals surface area contributed by atoms with E-state index in [0.717, 1.165) is 6.54 Å². The highest BCUT2D eigenvalue weighted by Crippen LogP contribution is 2.22. The molecule has 3 rings (SSSR count). The van der Waals surface area contributed by atoms with Crippen LogP contribution in [0, 0.1) is 0 Å². The van der Waals surface area contributed by atoms with E-state index in [1.807, 2.05) is 6.07 Å². The maximum atomic E-state index is 2.26. The lowest BCUT2D eigenvalue weighted by molar-refractivity contribution is -0.682. The summed E-state index contributed by atoms with van der Waals surface area (Å²) >= 11 is 0. The Bertz CT molecular complexity index is 690. The predicted molar refractivity (Wildman–Crippen MR) is 83.2 cm³/mol. The third-order valence-electron chi connectivity index (χ3n) is 3.57. The van der Waals surface area contributed by atoms with Crippen LogP contribution in [-0.4, -0.2) is 0 Å². The van der Waals surface area contributed by atoms with E-state index in [4.69, 9.17) is 0 Å². The Morgan fingerprint density at radius 1 is 0.667 bits per heavy atom. The van der Waals surface area contributed by atoms with Crippen LogP contribution in [0.4, 0.5) is 0 Å². The smallest absolute Gasteiger partial charge is 0.212 e. The molecular weight excluding hydrogens is 369 g/mol. The number of nitrogens with zero attached hydrogens (tertiary/aromatic N) is 1. The molecule has 106 valence electrons. The Hall–Kier alpha value is -1.68. The summed E-state index contributed by atoms with van der Waals surface area (Å²) in [6, 6.07) is 25.6. The van der Waals surface area contributed by atoms with Crippen molar-refractivity contribution in [2.24, 2.45) is 0 Å². The molecule has 0 saturated carbocycles. The zero-order chi connectivity index (χ0) is 13.8. The summed E-state index contributed by atoms with van der Waals surface area (Å²) in [6.07, 6.45) is 2.13. The van der Waals surface area contributed by atoms with Crippen LogP contribution < -0.4 is 28.5 Å². The second-order valence-electron chi connectivity index (χ2n) is 4.82. The predicted octanol–water partition coefficient (Wildman–Crippen LogP) is 1.33. The van der Waals surface area contributed by atoms with Crippen molar-refractivity contribution >= 4 is 0 Å². The maximum Gasteiger partial charge on any atom is 0.212 e. The lowest BCUT2D eigenvalue weighted by Gasteiger charge is -2.04. The van der Waals surface area contributed by atoms with Crippen molar-refractivity contribution in [2.75, 3.05) is 0 Å². The third-order valence-corrected chi connectivity index (χ3v) is 3.57. The van der Waals surface area contributed by atoms with Gasteiger partial charge in [0.15, 0.2) is 6.20 Å². The van der Waals surface area contributed by atoms with Crippen molar-refractivity contribution in [3.05, 3.63) is 79.0 Å². The van der Waals surface area contributed by atoms with Crippen LogP contribution in [0.25, 0.3) is 22.4 Å². The molecule has 1 nitrogen and oxygen atoms in total. The van der Waals surface area contributed by atoms with E-state index in [2.05, 4.69) is 84.4 Å². The maximum absolute atomic E-state index is 2.26. The summed E-state index contributed by atoms with van der Waals surface area (Å²) in [5.41, 5.74) is 5.03. The molecule has 0 radical (unpaired) electrons. The Kier molecular flexibility index (Phi) is 5.51. The molecule has 0 saturated heterocycles. The van der Waals surface area contributed by atoms with E-state index in [9.17, 15) is 0 Å². The van der Waals surface area contributed by atoms with E-state index in [1.54, 1.807) is 0 Å². The Balaban J connectivity index is 0.00000161. The van der Waals surface area contributed by atoms with Crippen LogP contribution in [0.2, 0.25) is 0 Å². The van der Waals surface area contributed by atoms with Crippen molar-refractivity contribution in [3.63, 3.8) is 0 Å². The summed E-state index contributed by atoms with van der Waals surface area (Å²) in [5, 5.41) is 0. The van der Waals surface area contributed by atoms with E-state index >= 15 is 0 Å². The number of aromatic nitrogens is 1. The first-order valence-electron chi connectivity index (χ1n) is 7.03. The van der Waals surface area contributed by atoms with Crippen LogP contribution in [0.15, 0.2) is 79.0 Å². The van der Waals surface area contributed by atoms with Gasteiger partial charge in [0.2, 0.25) is 5.69 Å². The summed E-state index contributed by atoms with van der Waals surface area (Å²) in [5.74, 6) is 0. The van der Waals surface area contributed by atoms with Gasteiger partial charge in [-0.3, -0.25) is 0 Å². The molecule has 0 amide bonds. The number of hydrogen-bond donors (Lipinski definition) is 0. The largest absolute Gasteiger partial charge is 1.00 e. The molecule has 0 unspecified atom stereocenters. The van der Waals surface area contributed by atoms with E-state index < -0.39 is 0 Å². The van der Waals surface area contributed by atoms with E-state index in [1.165, 1.54) is 22.4 Å². The van der Waals surface area contributed by atoms with Crippen LogP contribution in [0.1, 0.15) is 6.92 Å². The van der Waals surface area contributed by atoms with Crippen LogP contribution >= 0.6 is 0 Å². The molecule has 0 bridgehead atoms. The topological polar surface area (TPSA) is 3.88 Å². The highest BCUT2D eigenvalue weighted by atomic mass is 127. The second kappa shape index (κ2) is 7.36. The van der Waals surface area contributed by atoms with Gasteiger partial charge in [-0.25, -0.2) is 0 Å². The van der Waals surface area contributed by atoms with Gasteiger partial charge in [-0.1, -0.05) is 42.5 Å². The molecule has 0 atom stereocenters. The molecule has 1 aromatic heterocycles. The highest BCUT2D eigenvalue weighted by molar-refractivity contribution is 5.67. The Morgan fingerprint density at radius 2 is 1.24 bits per heavy atom. The van der Waals surface area contributed by atoms with Gasteiger partial charge in [-0.05, 0) is 36.2 Å². The SMILES string of the molecule is CC[n+]1ccccc1-c1ccc(-c2ccccc2)cc1.[I-]. The highest BCUT2D eigenvalue weighted by Gasteiger charge is 2.09. The van der Waals surface area contributed by atoms with E-state index in [-0.39, 0.29) is 24.0 Å². The fourth-order valence-electron chi connectivity index (χ4n) is 2.48. The molecule has 2 heteroatoms. The van der Waals surface area contributed by atoms with Crippen molar-refractivity contribution in [1.82, 2.24) is 0 Å². The molecule has 2 aromatic carbocycles. The van der Waals surface area contributed by atoms with Crippen molar-refractivity contribution in [2.45, 2.75) is 13.5 Å². The van der Waals surface area contributed by atoms with Gasteiger partial charge < -0.3 is 24.0 Å². The zero-order valence-electron chi connectivity index (χ0n) is 12.0. The fourth-order valence-corrected chi connectivity index (χ4v) is 2.48. The summed E-state index contributed by atoms with van der Waals surface area (Å²) < 4.78 is 2.26. The molecule has 1 heterocycles. The average Bonchev–Trinajstić information content (AvgIpc) is 2.56. The molecule has 0 aliphatic carbocycles. The minimum atomic E-state index is 0. The van der Waals surface area contributed by atoms with Gasteiger partial charge in [0.1, 0.15) is 6.54 Å². The Morgan fingerprint density at radius 3 is 1.90 bits per heavy atom. The van der Waals surface area contributed by atoms with Gasteiger partial charge in [-0.2, -0.15) is 4.57 Å². The molecule has 0 aliphatic rings. The number of benzene rings is 2. The lowest BCUT2D eigenvalue weighted by atomic mass is 10.0. The van der Waals surface area contributed by atoms with Gasteiger partial charge in [0.05, 0.1) is 0 Å². The van der Waals surface area contributed by atoms with Crippen molar-refractivity contribution in [3.8, 4) is 22.4 Å². The third kappa shape index (κ3) is 3.50. The van der Waals surface area contributed by atoms with Gasteiger partial charge >= 0.3 is 0 Å². The average molecular weight is 387 g/mol. The first kappa shape index (κ1) is 15.7. The number of aryl methyl sites for hydroxylation is 1. The normalized spacial score (nSPS) is 9.95. The standard InChI is InChI=1S/C19H18N.HI/c1-2-20-15-7-6-10-19(20)18-13-11-17(12-14-18)16-8-4-3-5-9-16;/h3-15H,2H2,1H3;1H/q+1;/p-1. The summed E-state index contributed by atoms with van der Waals surface area (Å²) in [4.78, 5) is 0. The van der Waals surface area contributed by atoms with Crippen LogP contribution in [0.3, 0.4) is 0 Å². The molecule has 21 heavy (non-hydrogen) atoms. The van der Waals surface area contributed by atoms with Gasteiger partial charge in [0, 0.05) is 17.7 Å². The second-order valence-corrected chi connectivity index (χ2v) is 4.82. The monoisotopic (exact) mass is 387 g/mol. The minimum Gasteiger partial charge on any atom is -1.00 e. The molecule has 0 aliphatic heterocycles. The minimum absolute atomic E-state index is 0. The number of hydrogen-bond acceptors (Lipinski definition) is 0. The van der Waals surface area contributed by atoms with Crippen LogP contribution in [0.5, 0.6) is 0 Å². The first-order chi connectivity index (χ1) is 9.88. The van der Waals surface area contributed by atoms with Gasteiger partial charge in [-0.15, -0.1) is 0 Å². The van der Waals surface area contributed by atoms with Crippen LogP contribution in [-0.2, 0) is 6.54 Å². The fraction of sp³-hybridized carbons (Fsp3) is 0.105. The quantitative estimate of drug-likeness (QED) is 0.472. The molecule has 0 N–H and O–H groups in total. The lowest BCUT2D eigenvalue weighted by Crippen LogP contribution is -3.00. The molecular formula is C19H18IN. The summed E-state index contributed by atoms with van der Waals surface area (Å²) in [7, 11) is 0. The van der Waals surface area contributed by atoms with Gasteiger partial charge in [0.25, 0.3) is 0 Å². The zero-order valence-corrected chi connectivity index (χ0v) is 14.2. The molecule has 0 fully saturated rings. The molecule has 0 spiro atoms. The van der Waals surface area contributed by atoms with Crippen molar-refractivity contribution in [1.29, 1.82) is 0 Å². The first-order valence-corrected chi connectivity index (χ1v) is 7.03. The number of rotatable bonds is 3. The van der Waals surface area contributed by atoms with E-state index in [0.29, 0.717) is 0 Å². The molecule has 3 aromatic rings. The Labute approximate surface area is 143 Å². The number of halogens is 1. The number of pyridine rings is 1. The summed E-state index contributed by atoms with van der Waals surface area (Å²) in [6.45, 7) is 3.15.